The van der Waals surface area contributed by atoms with E-state index in [2.05, 4.69) is 32.7 Å². The minimum absolute atomic E-state index is 0.0416. The van der Waals surface area contributed by atoms with Crippen LogP contribution in [-0.2, 0) is 25.6 Å². The summed E-state index contributed by atoms with van der Waals surface area (Å²) in [6, 6.07) is 3.91. The molecule has 0 spiro atoms. The van der Waals surface area contributed by atoms with E-state index in [1.807, 2.05) is 23.8 Å². The molecule has 4 heterocycles. The number of rotatable bonds is 5. The molecule has 0 radical (unpaired) electrons. The van der Waals surface area contributed by atoms with Gasteiger partial charge in [-0.05, 0) is 36.8 Å². The Bertz CT molecular complexity index is 1230. The highest BCUT2D eigenvalue weighted by Crippen LogP contribution is 2.38. The number of hydrogen-bond donors (Lipinski definition) is 0. The fourth-order valence-electron chi connectivity index (χ4n) is 3.81. The highest BCUT2D eigenvalue weighted by atomic mass is 32.2. The molecule has 0 amide bonds. The molecule has 29 heavy (non-hydrogen) atoms. The van der Waals surface area contributed by atoms with Crippen LogP contribution >= 0.6 is 34.4 Å². The van der Waals surface area contributed by atoms with Crippen LogP contribution in [0.1, 0.15) is 35.9 Å². The second kappa shape index (κ2) is 7.70. The van der Waals surface area contributed by atoms with Gasteiger partial charge in [-0.2, -0.15) is 0 Å². The summed E-state index contributed by atoms with van der Waals surface area (Å²) in [4.78, 5) is 20.2. The molecule has 4 aromatic heterocycles. The van der Waals surface area contributed by atoms with Crippen LogP contribution in [0.2, 0.25) is 0 Å². The Morgan fingerprint density at radius 3 is 3.07 bits per heavy atom. The lowest BCUT2D eigenvalue weighted by molar-refractivity contribution is 0.449. The summed E-state index contributed by atoms with van der Waals surface area (Å²) < 4.78 is 3.62. The van der Waals surface area contributed by atoms with Gasteiger partial charge in [0.2, 0.25) is 0 Å². The summed E-state index contributed by atoms with van der Waals surface area (Å²) in [5.74, 6) is 2.32. The van der Waals surface area contributed by atoms with Gasteiger partial charge in [0.15, 0.2) is 15.9 Å². The molecule has 0 saturated heterocycles. The molecule has 0 fully saturated rings. The molecule has 1 aliphatic carbocycles. The van der Waals surface area contributed by atoms with E-state index >= 15 is 0 Å². The minimum Gasteiger partial charge on any atom is -0.304 e. The van der Waals surface area contributed by atoms with Crippen LogP contribution in [0.15, 0.2) is 33.7 Å². The Hall–Kier alpha value is -1.97. The molecule has 0 saturated carbocycles. The molecule has 1 atom stereocenters. The first-order valence-electron chi connectivity index (χ1n) is 9.72. The van der Waals surface area contributed by atoms with Gasteiger partial charge in [-0.1, -0.05) is 25.1 Å². The highest BCUT2D eigenvalue weighted by Gasteiger charge is 2.22. The van der Waals surface area contributed by atoms with Gasteiger partial charge in [0.05, 0.1) is 10.6 Å². The molecule has 9 heteroatoms. The van der Waals surface area contributed by atoms with Crippen LogP contribution in [0.4, 0.5) is 0 Å². The molecule has 5 rings (SSSR count). The number of aromatic nitrogens is 5. The standard InChI is InChI=1S/C20H21N5OS3/c1-3-12-4-5-15-13(8-12)9-16(29-15)18-22-23-20(24(18)2)28-11-14-10-17(26)25-6-7-27-19(25)21-14/h6-7,9-10,12H,3-5,8,11H2,1-2H3/t12-/m0/s1. The Labute approximate surface area is 180 Å². The summed E-state index contributed by atoms with van der Waals surface area (Å²) in [5.41, 5.74) is 2.22. The first-order valence-corrected chi connectivity index (χ1v) is 12.4. The predicted molar refractivity (Wildman–Crippen MR) is 119 cm³/mol. The Morgan fingerprint density at radius 1 is 1.31 bits per heavy atom. The van der Waals surface area contributed by atoms with Crippen LogP contribution in [-0.4, -0.2) is 24.1 Å². The van der Waals surface area contributed by atoms with Crippen molar-refractivity contribution in [2.45, 2.75) is 43.5 Å². The Balaban J connectivity index is 1.36. The number of hydrogen-bond acceptors (Lipinski definition) is 7. The van der Waals surface area contributed by atoms with E-state index in [-0.39, 0.29) is 5.56 Å². The van der Waals surface area contributed by atoms with Gasteiger partial charge >= 0.3 is 0 Å². The third kappa shape index (κ3) is 3.55. The van der Waals surface area contributed by atoms with Crippen molar-refractivity contribution in [1.29, 1.82) is 0 Å². The summed E-state index contributed by atoms with van der Waals surface area (Å²) >= 11 is 4.89. The van der Waals surface area contributed by atoms with Gasteiger partial charge < -0.3 is 4.57 Å². The SMILES string of the molecule is CC[C@H]1CCc2sc(-c3nnc(SCc4cc(=O)n5ccsc5n4)n3C)cc2C1. The molecule has 150 valence electrons. The maximum absolute atomic E-state index is 12.2. The van der Waals surface area contributed by atoms with Gasteiger partial charge in [-0.3, -0.25) is 9.20 Å². The number of thiophene rings is 1. The Kier molecular flexibility index (Phi) is 5.05. The van der Waals surface area contributed by atoms with E-state index in [4.69, 9.17) is 0 Å². The maximum Gasteiger partial charge on any atom is 0.258 e. The lowest BCUT2D eigenvalue weighted by Gasteiger charge is -2.19. The maximum atomic E-state index is 12.2. The molecule has 0 N–H and O–H groups in total. The molecular weight excluding hydrogens is 422 g/mol. The molecule has 4 aromatic rings. The van der Waals surface area contributed by atoms with Crippen molar-refractivity contribution >= 4 is 39.4 Å². The predicted octanol–water partition coefficient (Wildman–Crippen LogP) is 4.42. The van der Waals surface area contributed by atoms with Gasteiger partial charge in [0, 0.05) is 35.3 Å². The van der Waals surface area contributed by atoms with E-state index in [1.54, 1.807) is 28.4 Å². The monoisotopic (exact) mass is 443 g/mol. The minimum atomic E-state index is -0.0416. The number of thioether (sulfide) groups is 1. The fraction of sp³-hybridized carbons (Fsp3) is 0.400. The van der Waals surface area contributed by atoms with Gasteiger partial charge in [-0.25, -0.2) is 4.98 Å². The molecule has 1 aliphatic rings. The van der Waals surface area contributed by atoms with E-state index < -0.39 is 0 Å². The van der Waals surface area contributed by atoms with Crippen LogP contribution in [0.25, 0.3) is 15.7 Å². The molecule has 0 bridgehead atoms. The number of fused-ring (bicyclic) bond motifs is 2. The van der Waals surface area contributed by atoms with Crippen molar-refractivity contribution < 1.29 is 0 Å². The van der Waals surface area contributed by atoms with Crippen molar-refractivity contribution in [2.75, 3.05) is 0 Å². The largest absolute Gasteiger partial charge is 0.304 e. The van der Waals surface area contributed by atoms with Gasteiger partial charge in [0.1, 0.15) is 0 Å². The fourth-order valence-corrected chi connectivity index (χ4v) is 6.58. The Morgan fingerprint density at radius 2 is 2.21 bits per heavy atom. The zero-order valence-electron chi connectivity index (χ0n) is 16.3. The lowest BCUT2D eigenvalue weighted by Crippen LogP contribution is -2.12. The van der Waals surface area contributed by atoms with Crippen molar-refractivity contribution in [3.8, 4) is 10.7 Å². The quantitative estimate of drug-likeness (QED) is 0.427. The molecule has 0 unspecified atom stereocenters. The van der Waals surface area contributed by atoms with Crippen molar-refractivity contribution in [2.24, 2.45) is 13.0 Å². The number of nitrogens with zero attached hydrogens (tertiary/aromatic N) is 5. The van der Waals surface area contributed by atoms with Crippen molar-refractivity contribution in [3.63, 3.8) is 0 Å². The van der Waals surface area contributed by atoms with Crippen molar-refractivity contribution in [3.05, 3.63) is 50.2 Å². The third-order valence-electron chi connectivity index (χ3n) is 5.52. The summed E-state index contributed by atoms with van der Waals surface area (Å²) in [7, 11) is 2.01. The van der Waals surface area contributed by atoms with Gasteiger partial charge in [0.25, 0.3) is 5.56 Å². The second-order valence-electron chi connectivity index (χ2n) is 7.37. The summed E-state index contributed by atoms with van der Waals surface area (Å²) in [6.07, 6.45) is 6.68. The first-order chi connectivity index (χ1) is 14.1. The average molecular weight is 444 g/mol. The van der Waals surface area contributed by atoms with Crippen LogP contribution in [0.5, 0.6) is 0 Å². The van der Waals surface area contributed by atoms with Gasteiger partial charge in [-0.15, -0.1) is 32.9 Å². The van der Waals surface area contributed by atoms with E-state index in [0.717, 1.165) is 27.6 Å². The van der Waals surface area contributed by atoms with Crippen LogP contribution in [0, 0.1) is 5.92 Å². The second-order valence-corrected chi connectivity index (χ2v) is 10.3. The molecule has 6 nitrogen and oxygen atoms in total. The molecule has 0 aliphatic heterocycles. The first kappa shape index (κ1) is 19.0. The zero-order valence-corrected chi connectivity index (χ0v) is 18.7. The van der Waals surface area contributed by atoms with Crippen LogP contribution in [0.3, 0.4) is 0 Å². The summed E-state index contributed by atoms with van der Waals surface area (Å²) in [5, 5.41) is 11.6. The topological polar surface area (TPSA) is 65.1 Å². The molecular formula is C20H21N5OS3. The average Bonchev–Trinajstić information content (AvgIpc) is 3.43. The van der Waals surface area contributed by atoms with E-state index in [0.29, 0.717) is 5.75 Å². The zero-order chi connectivity index (χ0) is 20.0. The third-order valence-corrected chi connectivity index (χ3v) is 8.57. The normalized spacial score (nSPS) is 16.4. The molecule has 0 aromatic carbocycles. The highest BCUT2D eigenvalue weighted by molar-refractivity contribution is 7.98. The lowest BCUT2D eigenvalue weighted by atomic mass is 9.87. The van der Waals surface area contributed by atoms with E-state index in [9.17, 15) is 4.79 Å². The summed E-state index contributed by atoms with van der Waals surface area (Å²) in [6.45, 7) is 2.29. The number of thiazole rings is 1. The smallest absolute Gasteiger partial charge is 0.258 e. The van der Waals surface area contributed by atoms with Crippen molar-refractivity contribution in [1.82, 2.24) is 24.1 Å². The number of aryl methyl sites for hydroxylation is 1. The van der Waals surface area contributed by atoms with Crippen LogP contribution < -0.4 is 5.56 Å². The van der Waals surface area contributed by atoms with E-state index in [1.165, 1.54) is 52.3 Å².